The van der Waals surface area contributed by atoms with Gasteiger partial charge in [-0.2, -0.15) is 0 Å². The average molecular weight is 258 g/mol. The molecule has 1 aromatic rings. The Balaban J connectivity index is 2.84. The summed E-state index contributed by atoms with van der Waals surface area (Å²) in [6, 6.07) is 5.05. The molecule has 0 radical (unpaired) electrons. The predicted octanol–water partition coefficient (Wildman–Crippen LogP) is 2.34. The number of benzene rings is 1. The van der Waals surface area contributed by atoms with Crippen molar-refractivity contribution in [3.63, 3.8) is 0 Å². The normalized spacial score (nSPS) is 9.86. The number of carbonyl (C=O) groups excluding carboxylic acids is 1. The van der Waals surface area contributed by atoms with E-state index in [1.807, 2.05) is 6.92 Å². The first kappa shape index (κ1) is 11.0. The number of primary amides is 1. The first-order valence-corrected chi connectivity index (χ1v) is 5.16. The molecule has 4 heteroatoms. The molecule has 0 unspecified atom stereocenters. The molecule has 1 rings (SSSR count). The minimum Gasteiger partial charge on any atom is -0.492 e. The number of nitrogens with two attached hydrogens (primary N) is 1. The molecule has 3 nitrogen and oxygen atoms in total. The van der Waals surface area contributed by atoms with Gasteiger partial charge in [-0.3, -0.25) is 4.79 Å². The van der Waals surface area contributed by atoms with Gasteiger partial charge in [0.05, 0.1) is 11.1 Å². The Kier molecular flexibility index (Phi) is 3.95. The Hall–Kier alpha value is -1.03. The summed E-state index contributed by atoms with van der Waals surface area (Å²) in [5.41, 5.74) is 5.61. The minimum absolute atomic E-state index is 0.437. The molecule has 14 heavy (non-hydrogen) atoms. The second kappa shape index (κ2) is 5.00. The van der Waals surface area contributed by atoms with E-state index in [9.17, 15) is 4.79 Å². The third-order valence-electron chi connectivity index (χ3n) is 1.68. The lowest BCUT2D eigenvalue weighted by Gasteiger charge is -2.07. The van der Waals surface area contributed by atoms with Crippen molar-refractivity contribution in [2.24, 2.45) is 5.73 Å². The number of hydrogen-bond acceptors (Lipinski definition) is 2. The highest BCUT2D eigenvalue weighted by Crippen LogP contribution is 2.25. The molecule has 0 fully saturated rings. The molecule has 2 N–H and O–H groups in total. The molecular weight excluding hydrogens is 246 g/mol. The van der Waals surface area contributed by atoms with Crippen LogP contribution in [-0.2, 0) is 0 Å². The lowest BCUT2D eigenvalue weighted by molar-refractivity contribution is 0.1000. The molecule has 0 aromatic heterocycles. The van der Waals surface area contributed by atoms with E-state index in [-0.39, 0.29) is 0 Å². The van der Waals surface area contributed by atoms with Crippen LogP contribution in [0.4, 0.5) is 0 Å². The highest BCUT2D eigenvalue weighted by molar-refractivity contribution is 9.10. The maximum Gasteiger partial charge on any atom is 0.248 e. The van der Waals surface area contributed by atoms with Crippen molar-refractivity contribution in [3.8, 4) is 5.75 Å². The minimum atomic E-state index is -0.437. The van der Waals surface area contributed by atoms with Crippen molar-refractivity contribution in [1.29, 1.82) is 0 Å². The van der Waals surface area contributed by atoms with E-state index in [0.29, 0.717) is 12.2 Å². The van der Waals surface area contributed by atoms with Crippen LogP contribution in [0, 0.1) is 0 Å². The van der Waals surface area contributed by atoms with E-state index in [0.717, 1.165) is 16.6 Å². The molecule has 0 aliphatic rings. The topological polar surface area (TPSA) is 52.3 Å². The SMILES string of the molecule is CCCOc1ccc(C(N)=O)cc1Br. The molecule has 0 saturated carbocycles. The fourth-order valence-electron chi connectivity index (χ4n) is 0.983. The summed E-state index contributed by atoms with van der Waals surface area (Å²) in [6.07, 6.45) is 0.948. The smallest absolute Gasteiger partial charge is 0.248 e. The first-order valence-electron chi connectivity index (χ1n) is 4.37. The summed E-state index contributed by atoms with van der Waals surface area (Å²) in [4.78, 5) is 10.8. The van der Waals surface area contributed by atoms with Crippen LogP contribution in [0.1, 0.15) is 23.7 Å². The van der Waals surface area contributed by atoms with Crippen molar-refractivity contribution >= 4 is 21.8 Å². The van der Waals surface area contributed by atoms with Gasteiger partial charge in [0.2, 0.25) is 5.91 Å². The summed E-state index contributed by atoms with van der Waals surface area (Å²) in [7, 11) is 0. The average Bonchev–Trinajstić information content (AvgIpc) is 2.15. The van der Waals surface area contributed by atoms with Crippen molar-refractivity contribution in [2.45, 2.75) is 13.3 Å². The van der Waals surface area contributed by atoms with Gasteiger partial charge in [0.15, 0.2) is 0 Å². The highest BCUT2D eigenvalue weighted by atomic mass is 79.9. The van der Waals surface area contributed by atoms with Crippen molar-refractivity contribution in [2.75, 3.05) is 6.61 Å². The van der Waals surface area contributed by atoms with Gasteiger partial charge < -0.3 is 10.5 Å². The third kappa shape index (κ3) is 2.73. The quantitative estimate of drug-likeness (QED) is 0.901. The first-order chi connectivity index (χ1) is 6.65. The van der Waals surface area contributed by atoms with Crippen LogP contribution in [0.25, 0.3) is 0 Å². The van der Waals surface area contributed by atoms with Crippen LogP contribution in [0.3, 0.4) is 0 Å². The highest BCUT2D eigenvalue weighted by Gasteiger charge is 2.05. The van der Waals surface area contributed by atoms with Crippen molar-refractivity contribution < 1.29 is 9.53 Å². The van der Waals surface area contributed by atoms with Crippen LogP contribution in [0.5, 0.6) is 5.75 Å². The molecule has 0 aliphatic carbocycles. The molecule has 0 spiro atoms. The number of rotatable bonds is 4. The number of carbonyl (C=O) groups is 1. The van der Waals surface area contributed by atoms with Crippen LogP contribution in [0.15, 0.2) is 22.7 Å². The van der Waals surface area contributed by atoms with Gasteiger partial charge >= 0.3 is 0 Å². The standard InChI is InChI=1S/C10H12BrNO2/c1-2-5-14-9-4-3-7(10(12)13)6-8(9)11/h3-4,6H,2,5H2,1H3,(H2,12,13). The Morgan fingerprint density at radius 3 is 2.79 bits per heavy atom. The van der Waals surface area contributed by atoms with E-state index in [1.54, 1.807) is 18.2 Å². The summed E-state index contributed by atoms with van der Waals surface area (Å²) in [6.45, 7) is 2.69. The molecule has 0 aliphatic heterocycles. The van der Waals surface area contributed by atoms with Gasteiger partial charge in [0, 0.05) is 5.56 Å². The van der Waals surface area contributed by atoms with Gasteiger partial charge in [-0.05, 0) is 40.5 Å². The zero-order valence-electron chi connectivity index (χ0n) is 7.92. The Bertz CT molecular complexity index is 339. The Labute approximate surface area is 91.4 Å². The summed E-state index contributed by atoms with van der Waals surface area (Å²) < 4.78 is 6.17. The Morgan fingerprint density at radius 2 is 2.29 bits per heavy atom. The lowest BCUT2D eigenvalue weighted by atomic mass is 10.2. The van der Waals surface area contributed by atoms with E-state index in [1.165, 1.54) is 0 Å². The second-order valence-corrected chi connectivity index (χ2v) is 3.71. The Morgan fingerprint density at radius 1 is 1.57 bits per heavy atom. The number of amides is 1. The predicted molar refractivity (Wildman–Crippen MR) is 58.4 cm³/mol. The molecule has 1 aromatic carbocycles. The van der Waals surface area contributed by atoms with Gasteiger partial charge in [-0.25, -0.2) is 0 Å². The van der Waals surface area contributed by atoms with E-state index in [2.05, 4.69) is 15.9 Å². The fourth-order valence-corrected chi connectivity index (χ4v) is 1.48. The largest absolute Gasteiger partial charge is 0.492 e. The second-order valence-electron chi connectivity index (χ2n) is 2.86. The third-order valence-corrected chi connectivity index (χ3v) is 2.30. The summed E-state index contributed by atoms with van der Waals surface area (Å²) >= 11 is 3.31. The van der Waals surface area contributed by atoms with Gasteiger partial charge in [-0.1, -0.05) is 6.92 Å². The number of hydrogen-bond donors (Lipinski definition) is 1. The molecular formula is C10H12BrNO2. The van der Waals surface area contributed by atoms with E-state index < -0.39 is 5.91 Å². The summed E-state index contributed by atoms with van der Waals surface area (Å²) in [5, 5.41) is 0. The fraction of sp³-hybridized carbons (Fsp3) is 0.300. The number of ether oxygens (including phenoxy) is 1. The molecule has 1 amide bonds. The van der Waals surface area contributed by atoms with Gasteiger partial charge in [0.1, 0.15) is 5.75 Å². The van der Waals surface area contributed by atoms with Crippen LogP contribution >= 0.6 is 15.9 Å². The maximum atomic E-state index is 10.8. The van der Waals surface area contributed by atoms with Crippen LogP contribution in [0.2, 0.25) is 0 Å². The zero-order chi connectivity index (χ0) is 10.6. The van der Waals surface area contributed by atoms with Gasteiger partial charge in [-0.15, -0.1) is 0 Å². The molecule has 76 valence electrons. The van der Waals surface area contributed by atoms with Crippen LogP contribution < -0.4 is 10.5 Å². The van der Waals surface area contributed by atoms with Crippen LogP contribution in [-0.4, -0.2) is 12.5 Å². The monoisotopic (exact) mass is 257 g/mol. The maximum absolute atomic E-state index is 10.8. The lowest BCUT2D eigenvalue weighted by Crippen LogP contribution is -2.10. The zero-order valence-corrected chi connectivity index (χ0v) is 9.50. The number of halogens is 1. The van der Waals surface area contributed by atoms with E-state index >= 15 is 0 Å². The van der Waals surface area contributed by atoms with Gasteiger partial charge in [0.25, 0.3) is 0 Å². The van der Waals surface area contributed by atoms with Crippen molar-refractivity contribution in [1.82, 2.24) is 0 Å². The van der Waals surface area contributed by atoms with E-state index in [4.69, 9.17) is 10.5 Å². The summed E-state index contributed by atoms with van der Waals surface area (Å²) in [5.74, 6) is 0.296. The molecule has 0 bridgehead atoms. The molecule has 0 heterocycles. The molecule has 0 atom stereocenters. The van der Waals surface area contributed by atoms with Crippen molar-refractivity contribution in [3.05, 3.63) is 28.2 Å². The molecule has 0 saturated heterocycles.